The highest BCUT2D eigenvalue weighted by molar-refractivity contribution is 9.10. The summed E-state index contributed by atoms with van der Waals surface area (Å²) < 4.78 is 1.08. The van der Waals surface area contributed by atoms with E-state index in [9.17, 15) is 4.79 Å². The number of aliphatic carboxylic acids is 1. The minimum absolute atomic E-state index is 0.171. The average molecular weight is 340 g/mol. The molecule has 3 nitrogen and oxygen atoms in total. The Morgan fingerprint density at radius 2 is 2.30 bits per heavy atom. The molecule has 0 bridgehead atoms. The fraction of sp³-hybridized carbons (Fsp3) is 0.562. The van der Waals surface area contributed by atoms with Crippen molar-refractivity contribution in [3.63, 3.8) is 0 Å². The Bertz CT molecular complexity index is 464. The maximum Gasteiger partial charge on any atom is 0.304 e. The summed E-state index contributed by atoms with van der Waals surface area (Å²) in [6, 6.07) is 8.87. The van der Waals surface area contributed by atoms with Crippen molar-refractivity contribution in [2.24, 2.45) is 0 Å². The molecule has 1 aromatic carbocycles. The number of rotatable bonds is 5. The first-order valence-corrected chi connectivity index (χ1v) is 8.14. The maximum absolute atomic E-state index is 11.1. The Labute approximate surface area is 129 Å². The van der Waals surface area contributed by atoms with Crippen LogP contribution >= 0.6 is 15.9 Å². The molecule has 2 atom stereocenters. The molecule has 1 saturated heterocycles. The van der Waals surface area contributed by atoms with Gasteiger partial charge in [0.15, 0.2) is 0 Å². The largest absolute Gasteiger partial charge is 0.481 e. The summed E-state index contributed by atoms with van der Waals surface area (Å²) in [6.45, 7) is 3.18. The van der Waals surface area contributed by atoms with Crippen LogP contribution in [-0.4, -0.2) is 28.6 Å². The number of carboxylic acids is 1. The van der Waals surface area contributed by atoms with Crippen molar-refractivity contribution in [2.75, 3.05) is 6.54 Å². The van der Waals surface area contributed by atoms with Gasteiger partial charge in [0.1, 0.15) is 0 Å². The van der Waals surface area contributed by atoms with Crippen LogP contribution in [0.2, 0.25) is 0 Å². The van der Waals surface area contributed by atoms with Crippen molar-refractivity contribution in [1.82, 2.24) is 4.90 Å². The van der Waals surface area contributed by atoms with Gasteiger partial charge in [-0.1, -0.05) is 41.4 Å². The lowest BCUT2D eigenvalue weighted by Crippen LogP contribution is -2.43. The lowest BCUT2D eigenvalue weighted by atomic mass is 9.93. The summed E-state index contributed by atoms with van der Waals surface area (Å²) in [6.07, 6.45) is 4.57. The molecule has 1 aromatic rings. The van der Waals surface area contributed by atoms with E-state index in [0.717, 1.165) is 30.3 Å². The molecule has 1 aliphatic heterocycles. The van der Waals surface area contributed by atoms with Crippen LogP contribution in [0.4, 0.5) is 0 Å². The van der Waals surface area contributed by atoms with Crippen LogP contribution in [-0.2, 0) is 4.79 Å². The number of hydrogen-bond donors (Lipinski definition) is 1. The van der Waals surface area contributed by atoms with E-state index < -0.39 is 5.97 Å². The third-order valence-electron chi connectivity index (χ3n) is 4.10. The Kier molecular flexibility index (Phi) is 5.61. The summed E-state index contributed by atoms with van der Waals surface area (Å²) in [5.41, 5.74) is 1.28. The third kappa shape index (κ3) is 3.83. The number of halogens is 1. The number of hydrogen-bond acceptors (Lipinski definition) is 2. The molecule has 1 heterocycles. The van der Waals surface area contributed by atoms with Crippen LogP contribution in [0.3, 0.4) is 0 Å². The number of benzene rings is 1. The highest BCUT2D eigenvalue weighted by Crippen LogP contribution is 2.33. The molecule has 1 aliphatic rings. The van der Waals surface area contributed by atoms with Gasteiger partial charge in [-0.05, 0) is 43.5 Å². The minimum atomic E-state index is -0.689. The van der Waals surface area contributed by atoms with Crippen LogP contribution in [0.1, 0.15) is 50.6 Å². The fourth-order valence-electron chi connectivity index (χ4n) is 3.23. The quantitative estimate of drug-likeness (QED) is 0.872. The molecule has 110 valence electrons. The van der Waals surface area contributed by atoms with Gasteiger partial charge in [0.25, 0.3) is 0 Å². The van der Waals surface area contributed by atoms with Gasteiger partial charge in [-0.3, -0.25) is 9.69 Å². The van der Waals surface area contributed by atoms with Crippen molar-refractivity contribution >= 4 is 21.9 Å². The summed E-state index contributed by atoms with van der Waals surface area (Å²) in [5.74, 6) is -0.689. The third-order valence-corrected chi connectivity index (χ3v) is 4.60. The molecule has 0 aromatic heterocycles. The van der Waals surface area contributed by atoms with E-state index in [1.807, 2.05) is 6.07 Å². The second kappa shape index (κ2) is 7.23. The number of likely N-dealkylation sites (tertiary alicyclic amines) is 1. The van der Waals surface area contributed by atoms with Gasteiger partial charge in [-0.15, -0.1) is 0 Å². The predicted octanol–water partition coefficient (Wildman–Crippen LogP) is 4.23. The second-order valence-electron chi connectivity index (χ2n) is 5.46. The van der Waals surface area contributed by atoms with Gasteiger partial charge in [-0.2, -0.15) is 0 Å². The molecule has 0 spiro atoms. The first-order chi connectivity index (χ1) is 9.61. The first kappa shape index (κ1) is 15.5. The Hall–Kier alpha value is -0.870. The van der Waals surface area contributed by atoms with E-state index in [2.05, 4.69) is 46.0 Å². The number of carboxylic acid groups (broad SMARTS) is 1. The molecule has 20 heavy (non-hydrogen) atoms. The van der Waals surface area contributed by atoms with Crippen LogP contribution in [0.25, 0.3) is 0 Å². The molecule has 0 aliphatic carbocycles. The standard InChI is InChI=1S/C16H22BrNO2/c1-2-15(12-6-5-7-13(17)10-12)18-9-4-3-8-14(18)11-16(19)20/h5-7,10,14-15H,2-4,8-9,11H2,1H3,(H,19,20). The van der Waals surface area contributed by atoms with E-state index in [1.165, 1.54) is 12.0 Å². The van der Waals surface area contributed by atoms with Crippen LogP contribution in [0.5, 0.6) is 0 Å². The maximum atomic E-state index is 11.1. The van der Waals surface area contributed by atoms with Crippen molar-refractivity contribution in [3.8, 4) is 0 Å². The first-order valence-electron chi connectivity index (χ1n) is 7.34. The van der Waals surface area contributed by atoms with Gasteiger partial charge in [0.05, 0.1) is 6.42 Å². The predicted molar refractivity (Wildman–Crippen MR) is 83.8 cm³/mol. The smallest absolute Gasteiger partial charge is 0.304 e. The SMILES string of the molecule is CCC(c1cccc(Br)c1)N1CCCCC1CC(=O)O. The van der Waals surface area contributed by atoms with Gasteiger partial charge < -0.3 is 5.11 Å². The van der Waals surface area contributed by atoms with Crippen molar-refractivity contribution in [1.29, 1.82) is 0 Å². The fourth-order valence-corrected chi connectivity index (χ4v) is 3.65. The summed E-state index contributed by atoms with van der Waals surface area (Å²) in [4.78, 5) is 13.5. The molecule has 0 saturated carbocycles. The number of carbonyl (C=O) groups is 1. The van der Waals surface area contributed by atoms with Crippen molar-refractivity contribution in [3.05, 3.63) is 34.3 Å². The summed E-state index contributed by atoms with van der Waals surface area (Å²) in [7, 11) is 0. The molecular weight excluding hydrogens is 318 g/mol. The zero-order valence-corrected chi connectivity index (χ0v) is 13.5. The van der Waals surface area contributed by atoms with Gasteiger partial charge >= 0.3 is 5.97 Å². The van der Waals surface area contributed by atoms with Crippen molar-refractivity contribution < 1.29 is 9.90 Å². The molecule has 2 rings (SSSR count). The van der Waals surface area contributed by atoms with E-state index in [0.29, 0.717) is 6.04 Å². The van der Waals surface area contributed by atoms with E-state index in [4.69, 9.17) is 5.11 Å². The topological polar surface area (TPSA) is 40.5 Å². The summed E-state index contributed by atoms with van der Waals surface area (Å²) in [5, 5.41) is 9.12. The Morgan fingerprint density at radius 1 is 1.50 bits per heavy atom. The molecule has 0 amide bonds. The molecule has 4 heteroatoms. The van der Waals surface area contributed by atoms with Crippen molar-refractivity contribution in [2.45, 2.75) is 51.1 Å². The van der Waals surface area contributed by atoms with Crippen LogP contribution < -0.4 is 0 Å². The van der Waals surface area contributed by atoms with E-state index in [-0.39, 0.29) is 12.5 Å². The second-order valence-corrected chi connectivity index (χ2v) is 6.38. The van der Waals surface area contributed by atoms with Gasteiger partial charge in [0.2, 0.25) is 0 Å². The molecule has 1 fully saturated rings. The average Bonchev–Trinajstić information content (AvgIpc) is 2.41. The summed E-state index contributed by atoms with van der Waals surface area (Å²) >= 11 is 3.53. The Balaban J connectivity index is 2.21. The van der Waals surface area contributed by atoms with Gasteiger partial charge in [-0.25, -0.2) is 0 Å². The number of nitrogens with zero attached hydrogens (tertiary/aromatic N) is 1. The normalized spacial score (nSPS) is 21.6. The van der Waals surface area contributed by atoms with E-state index >= 15 is 0 Å². The van der Waals surface area contributed by atoms with Gasteiger partial charge in [0, 0.05) is 16.6 Å². The lowest BCUT2D eigenvalue weighted by molar-refractivity contribution is -0.139. The zero-order valence-electron chi connectivity index (χ0n) is 11.9. The zero-order chi connectivity index (χ0) is 14.5. The molecule has 1 N–H and O–H groups in total. The highest BCUT2D eigenvalue weighted by Gasteiger charge is 2.30. The molecule has 2 unspecified atom stereocenters. The Morgan fingerprint density at radius 3 is 2.95 bits per heavy atom. The lowest BCUT2D eigenvalue weighted by Gasteiger charge is -2.40. The monoisotopic (exact) mass is 339 g/mol. The molecular formula is C16H22BrNO2. The van der Waals surface area contributed by atoms with Crippen LogP contribution in [0, 0.1) is 0 Å². The van der Waals surface area contributed by atoms with Crippen LogP contribution in [0.15, 0.2) is 28.7 Å². The molecule has 0 radical (unpaired) electrons. The number of piperidine rings is 1. The van der Waals surface area contributed by atoms with E-state index in [1.54, 1.807) is 0 Å². The minimum Gasteiger partial charge on any atom is -0.481 e. The highest BCUT2D eigenvalue weighted by atomic mass is 79.9.